The highest BCUT2D eigenvalue weighted by Gasteiger charge is 2.25. The lowest BCUT2D eigenvalue weighted by Crippen LogP contribution is -2.13. The predicted octanol–water partition coefficient (Wildman–Crippen LogP) is 1.46. The van der Waals surface area contributed by atoms with E-state index in [0.717, 1.165) is 0 Å². The molecule has 0 bridgehead atoms. The molecule has 0 aliphatic rings. The number of ether oxygens (including phenoxy) is 1. The van der Waals surface area contributed by atoms with Crippen molar-refractivity contribution in [2.45, 2.75) is 24.5 Å². The van der Waals surface area contributed by atoms with Gasteiger partial charge in [0.2, 0.25) is 5.89 Å². The van der Waals surface area contributed by atoms with E-state index < -0.39 is 5.92 Å². The summed E-state index contributed by atoms with van der Waals surface area (Å²) in [7, 11) is 1.34. The molecule has 0 amide bonds. The molecule has 0 radical (unpaired) electrons. The highest BCUT2D eigenvalue weighted by Crippen LogP contribution is 2.22. The fourth-order valence-corrected chi connectivity index (χ4v) is 1.32. The molecule has 14 heavy (non-hydrogen) atoms. The second-order valence-corrected chi connectivity index (χ2v) is 3.35. The van der Waals surface area contributed by atoms with Crippen molar-refractivity contribution in [2.24, 2.45) is 0 Å². The van der Waals surface area contributed by atoms with Crippen LogP contribution in [-0.4, -0.2) is 29.5 Å². The quantitative estimate of drug-likeness (QED) is 0.560. The summed E-state index contributed by atoms with van der Waals surface area (Å²) in [6.07, 6.45) is 2.42. The number of thioether (sulfide) groups is 1. The highest BCUT2D eigenvalue weighted by molar-refractivity contribution is 7.98. The average molecular weight is 216 g/mol. The molecule has 0 aliphatic carbocycles. The number of methoxy groups -OCH3 is 1. The van der Waals surface area contributed by atoms with E-state index >= 15 is 0 Å². The van der Waals surface area contributed by atoms with Crippen LogP contribution in [0.15, 0.2) is 9.64 Å². The maximum atomic E-state index is 11.3. The molecule has 1 atom stereocenters. The lowest BCUT2D eigenvalue weighted by atomic mass is 10.1. The largest absolute Gasteiger partial charge is 0.468 e. The van der Waals surface area contributed by atoms with Gasteiger partial charge in [0, 0.05) is 0 Å². The standard InChI is InChI=1S/C8H12N2O3S/c1-4-5(7(11)12-2)6-9-10-8(13-6)14-3/h5H,4H2,1-3H3. The van der Waals surface area contributed by atoms with Gasteiger partial charge >= 0.3 is 5.97 Å². The van der Waals surface area contributed by atoms with Gasteiger partial charge in [-0.2, -0.15) is 0 Å². The predicted molar refractivity (Wildman–Crippen MR) is 51.1 cm³/mol. The fraction of sp³-hybridized carbons (Fsp3) is 0.625. The van der Waals surface area contributed by atoms with E-state index in [9.17, 15) is 4.79 Å². The molecule has 0 aromatic carbocycles. The van der Waals surface area contributed by atoms with E-state index in [0.29, 0.717) is 17.5 Å². The van der Waals surface area contributed by atoms with Crippen molar-refractivity contribution in [3.8, 4) is 0 Å². The van der Waals surface area contributed by atoms with Crippen molar-refractivity contribution >= 4 is 17.7 Å². The molecule has 5 nitrogen and oxygen atoms in total. The van der Waals surface area contributed by atoms with E-state index in [-0.39, 0.29) is 5.97 Å². The summed E-state index contributed by atoms with van der Waals surface area (Å²) in [5.74, 6) is -0.471. The third-order valence-electron chi connectivity index (χ3n) is 1.79. The molecule has 0 aliphatic heterocycles. The van der Waals surface area contributed by atoms with Gasteiger partial charge in [-0.05, 0) is 12.7 Å². The number of hydrogen-bond acceptors (Lipinski definition) is 6. The second-order valence-electron chi connectivity index (χ2n) is 2.59. The summed E-state index contributed by atoms with van der Waals surface area (Å²) >= 11 is 1.34. The Kier molecular flexibility index (Phi) is 3.94. The molecule has 0 fully saturated rings. The number of aromatic nitrogens is 2. The Balaban J connectivity index is 2.83. The van der Waals surface area contributed by atoms with Gasteiger partial charge in [0.1, 0.15) is 5.92 Å². The molecule has 0 saturated heterocycles. The minimum atomic E-state index is -0.451. The first-order chi connectivity index (χ1) is 6.72. The summed E-state index contributed by atoms with van der Waals surface area (Å²) in [6, 6.07) is 0. The summed E-state index contributed by atoms with van der Waals surface area (Å²) < 4.78 is 9.88. The first-order valence-electron chi connectivity index (χ1n) is 4.18. The van der Waals surface area contributed by atoms with Gasteiger partial charge in [-0.3, -0.25) is 4.79 Å². The Morgan fingerprint density at radius 3 is 2.79 bits per heavy atom. The van der Waals surface area contributed by atoms with Gasteiger partial charge < -0.3 is 9.15 Å². The molecule has 1 rings (SSSR count). The maximum Gasteiger partial charge on any atom is 0.318 e. The van der Waals surface area contributed by atoms with Crippen molar-refractivity contribution < 1.29 is 13.9 Å². The fourth-order valence-electron chi connectivity index (χ4n) is 1.03. The van der Waals surface area contributed by atoms with Crippen LogP contribution < -0.4 is 0 Å². The van der Waals surface area contributed by atoms with Crippen LogP contribution in [0.25, 0.3) is 0 Å². The summed E-state index contributed by atoms with van der Waals surface area (Å²) in [5.41, 5.74) is 0. The lowest BCUT2D eigenvalue weighted by molar-refractivity contribution is -0.143. The Bertz CT molecular complexity index is 313. The summed E-state index contributed by atoms with van der Waals surface area (Å²) in [4.78, 5) is 11.3. The third kappa shape index (κ3) is 2.25. The zero-order valence-electron chi connectivity index (χ0n) is 8.31. The van der Waals surface area contributed by atoms with Crippen LogP contribution in [-0.2, 0) is 9.53 Å². The number of hydrogen-bond donors (Lipinski definition) is 0. The zero-order chi connectivity index (χ0) is 10.6. The molecule has 0 saturated carbocycles. The zero-order valence-corrected chi connectivity index (χ0v) is 9.13. The van der Waals surface area contributed by atoms with Gasteiger partial charge in [-0.1, -0.05) is 18.7 Å². The number of rotatable bonds is 4. The van der Waals surface area contributed by atoms with E-state index in [4.69, 9.17) is 4.42 Å². The lowest BCUT2D eigenvalue weighted by Gasteiger charge is -2.06. The second kappa shape index (κ2) is 4.99. The number of esters is 1. The van der Waals surface area contributed by atoms with Crippen LogP contribution in [0.4, 0.5) is 0 Å². The van der Waals surface area contributed by atoms with Gasteiger partial charge in [-0.15, -0.1) is 10.2 Å². The molecule has 1 aromatic heterocycles. The summed E-state index contributed by atoms with van der Waals surface area (Å²) in [6.45, 7) is 1.87. The van der Waals surface area contributed by atoms with Crippen LogP contribution >= 0.6 is 11.8 Å². The van der Waals surface area contributed by atoms with Crippen LogP contribution in [0, 0.1) is 0 Å². The molecular weight excluding hydrogens is 204 g/mol. The maximum absolute atomic E-state index is 11.3. The van der Waals surface area contributed by atoms with Crippen molar-refractivity contribution in [1.29, 1.82) is 0 Å². The smallest absolute Gasteiger partial charge is 0.318 e. The van der Waals surface area contributed by atoms with E-state index in [2.05, 4.69) is 14.9 Å². The first-order valence-corrected chi connectivity index (χ1v) is 5.40. The van der Waals surface area contributed by atoms with Crippen molar-refractivity contribution in [3.05, 3.63) is 5.89 Å². The Morgan fingerprint density at radius 1 is 1.64 bits per heavy atom. The van der Waals surface area contributed by atoms with Gasteiger partial charge in [0.25, 0.3) is 5.22 Å². The Hall–Kier alpha value is -1.04. The van der Waals surface area contributed by atoms with Gasteiger partial charge in [0.15, 0.2) is 0 Å². The number of nitrogens with zero attached hydrogens (tertiary/aromatic N) is 2. The summed E-state index contributed by atoms with van der Waals surface area (Å²) in [5, 5.41) is 8.01. The van der Waals surface area contributed by atoms with Crippen LogP contribution in [0.5, 0.6) is 0 Å². The van der Waals surface area contributed by atoms with E-state index in [1.54, 1.807) is 0 Å². The molecule has 1 unspecified atom stereocenters. The van der Waals surface area contributed by atoms with Crippen molar-refractivity contribution in [2.75, 3.05) is 13.4 Å². The molecule has 1 aromatic rings. The number of carbonyl (C=O) groups excluding carboxylic acids is 1. The molecule has 0 N–H and O–H groups in total. The Morgan fingerprint density at radius 2 is 2.36 bits per heavy atom. The first kappa shape index (κ1) is 11.0. The normalized spacial score (nSPS) is 12.5. The molecule has 78 valence electrons. The topological polar surface area (TPSA) is 65.2 Å². The minimum Gasteiger partial charge on any atom is -0.468 e. The molecular formula is C8H12N2O3S. The Labute approximate surface area is 86.2 Å². The van der Waals surface area contributed by atoms with Crippen LogP contribution in [0.1, 0.15) is 25.2 Å². The average Bonchev–Trinajstić information content (AvgIpc) is 2.67. The van der Waals surface area contributed by atoms with Gasteiger partial charge in [-0.25, -0.2) is 0 Å². The van der Waals surface area contributed by atoms with E-state index in [1.165, 1.54) is 18.9 Å². The van der Waals surface area contributed by atoms with Crippen molar-refractivity contribution in [3.63, 3.8) is 0 Å². The molecule has 0 spiro atoms. The minimum absolute atomic E-state index is 0.323. The highest BCUT2D eigenvalue weighted by atomic mass is 32.2. The monoisotopic (exact) mass is 216 g/mol. The van der Waals surface area contributed by atoms with Gasteiger partial charge in [0.05, 0.1) is 7.11 Å². The SMILES string of the molecule is CCC(C(=O)OC)c1nnc(SC)o1. The van der Waals surface area contributed by atoms with Crippen LogP contribution in [0.2, 0.25) is 0 Å². The van der Waals surface area contributed by atoms with Crippen LogP contribution in [0.3, 0.4) is 0 Å². The number of carbonyl (C=O) groups is 1. The van der Waals surface area contributed by atoms with Crippen molar-refractivity contribution in [1.82, 2.24) is 10.2 Å². The molecule has 6 heteroatoms. The third-order valence-corrected chi connectivity index (χ3v) is 2.30. The van der Waals surface area contributed by atoms with E-state index in [1.807, 2.05) is 13.2 Å². The molecule has 1 heterocycles.